The van der Waals surface area contributed by atoms with Gasteiger partial charge in [-0.05, 0) is 18.6 Å². The van der Waals surface area contributed by atoms with E-state index in [4.69, 9.17) is 5.73 Å². The predicted molar refractivity (Wildman–Crippen MR) is 56.1 cm³/mol. The van der Waals surface area contributed by atoms with E-state index in [1.807, 2.05) is 18.2 Å². The number of carbonyl (C=O) groups is 2. The van der Waals surface area contributed by atoms with E-state index in [1.165, 1.54) is 4.90 Å². The molecular formula is C11H12N2O2. The molecule has 4 nitrogen and oxygen atoms in total. The third kappa shape index (κ3) is 1.70. The Labute approximate surface area is 87.7 Å². The molecule has 15 heavy (non-hydrogen) atoms. The summed E-state index contributed by atoms with van der Waals surface area (Å²) in [5, 5.41) is 0. The van der Waals surface area contributed by atoms with Crippen LogP contribution in [0.4, 0.5) is 5.69 Å². The number of nitrogens with two attached hydrogens (primary N) is 1. The van der Waals surface area contributed by atoms with Gasteiger partial charge in [0.2, 0.25) is 11.8 Å². The third-order valence-corrected chi connectivity index (χ3v) is 2.57. The Bertz CT molecular complexity index is 389. The van der Waals surface area contributed by atoms with Crippen LogP contribution in [-0.4, -0.2) is 17.9 Å². The quantitative estimate of drug-likeness (QED) is 0.769. The van der Waals surface area contributed by atoms with E-state index in [2.05, 4.69) is 0 Å². The SMILES string of the molecule is NC(=O)[C@@H]1CCC(=O)N1c1ccccc1. The predicted octanol–water partition coefficient (Wildman–Crippen LogP) is 0.667. The maximum Gasteiger partial charge on any atom is 0.240 e. The Kier molecular flexibility index (Phi) is 2.41. The largest absolute Gasteiger partial charge is 0.368 e. The normalized spacial score (nSPS) is 20.7. The summed E-state index contributed by atoms with van der Waals surface area (Å²) in [4.78, 5) is 24.3. The molecule has 0 unspecified atom stereocenters. The van der Waals surface area contributed by atoms with Crippen molar-refractivity contribution in [2.24, 2.45) is 5.73 Å². The van der Waals surface area contributed by atoms with Gasteiger partial charge < -0.3 is 5.73 Å². The number of hydrogen-bond donors (Lipinski definition) is 1. The van der Waals surface area contributed by atoms with E-state index in [0.717, 1.165) is 5.69 Å². The first-order valence-corrected chi connectivity index (χ1v) is 4.86. The second-order valence-electron chi connectivity index (χ2n) is 3.56. The fraction of sp³-hybridized carbons (Fsp3) is 0.273. The van der Waals surface area contributed by atoms with Crippen LogP contribution in [-0.2, 0) is 9.59 Å². The lowest BCUT2D eigenvalue weighted by Crippen LogP contribution is -2.42. The fourth-order valence-corrected chi connectivity index (χ4v) is 1.87. The molecule has 0 aliphatic carbocycles. The molecule has 2 amide bonds. The van der Waals surface area contributed by atoms with Crippen molar-refractivity contribution in [2.75, 3.05) is 4.90 Å². The molecule has 1 aromatic rings. The lowest BCUT2D eigenvalue weighted by atomic mass is 10.2. The lowest BCUT2D eigenvalue weighted by Gasteiger charge is -2.22. The number of nitrogens with zero attached hydrogens (tertiary/aromatic N) is 1. The maximum absolute atomic E-state index is 11.6. The topological polar surface area (TPSA) is 63.4 Å². The highest BCUT2D eigenvalue weighted by Crippen LogP contribution is 2.25. The van der Waals surface area contributed by atoms with Gasteiger partial charge in [0.25, 0.3) is 0 Å². The van der Waals surface area contributed by atoms with Crippen LogP contribution in [0, 0.1) is 0 Å². The molecule has 0 bridgehead atoms. The Balaban J connectivity index is 2.33. The van der Waals surface area contributed by atoms with Crippen molar-refractivity contribution in [1.82, 2.24) is 0 Å². The molecule has 1 fully saturated rings. The second kappa shape index (κ2) is 3.73. The summed E-state index contributed by atoms with van der Waals surface area (Å²) in [5.74, 6) is -0.477. The molecule has 1 heterocycles. The molecule has 2 N–H and O–H groups in total. The highest BCUT2D eigenvalue weighted by atomic mass is 16.2. The summed E-state index contributed by atoms with van der Waals surface area (Å²) in [5.41, 5.74) is 5.99. The number of carbonyl (C=O) groups excluding carboxylic acids is 2. The molecule has 1 aliphatic heterocycles. The Morgan fingerprint density at radius 3 is 2.60 bits per heavy atom. The molecule has 1 aliphatic rings. The number of benzene rings is 1. The fourth-order valence-electron chi connectivity index (χ4n) is 1.87. The van der Waals surface area contributed by atoms with Crippen LogP contribution < -0.4 is 10.6 Å². The Hall–Kier alpha value is -1.84. The standard InChI is InChI=1S/C11H12N2O2/c12-11(15)9-6-7-10(14)13(9)8-4-2-1-3-5-8/h1-5,9H,6-7H2,(H2,12,15)/t9-/m0/s1. The zero-order valence-electron chi connectivity index (χ0n) is 8.22. The summed E-state index contributed by atoms with van der Waals surface area (Å²) in [6, 6.07) is 8.65. The van der Waals surface area contributed by atoms with Gasteiger partial charge in [-0.25, -0.2) is 0 Å². The van der Waals surface area contributed by atoms with Gasteiger partial charge in [0.1, 0.15) is 6.04 Å². The molecular weight excluding hydrogens is 192 g/mol. The zero-order chi connectivity index (χ0) is 10.8. The second-order valence-corrected chi connectivity index (χ2v) is 3.56. The van der Waals surface area contributed by atoms with Gasteiger partial charge >= 0.3 is 0 Å². The Morgan fingerprint density at radius 2 is 2.00 bits per heavy atom. The van der Waals surface area contributed by atoms with Crippen molar-refractivity contribution in [1.29, 1.82) is 0 Å². The van der Waals surface area contributed by atoms with Crippen molar-refractivity contribution >= 4 is 17.5 Å². The van der Waals surface area contributed by atoms with Gasteiger partial charge in [0.05, 0.1) is 0 Å². The van der Waals surface area contributed by atoms with Crippen LogP contribution in [0.5, 0.6) is 0 Å². The lowest BCUT2D eigenvalue weighted by molar-refractivity contribution is -0.121. The van der Waals surface area contributed by atoms with Gasteiger partial charge in [-0.2, -0.15) is 0 Å². The van der Waals surface area contributed by atoms with Gasteiger partial charge in [0, 0.05) is 12.1 Å². The van der Waals surface area contributed by atoms with Crippen LogP contribution in [0.3, 0.4) is 0 Å². The number of amides is 2. The van der Waals surface area contributed by atoms with Crippen molar-refractivity contribution in [2.45, 2.75) is 18.9 Å². The highest BCUT2D eigenvalue weighted by molar-refractivity contribution is 6.03. The molecule has 2 rings (SSSR count). The molecule has 1 atom stereocenters. The number of primary amides is 1. The number of hydrogen-bond acceptors (Lipinski definition) is 2. The smallest absolute Gasteiger partial charge is 0.240 e. The molecule has 1 saturated heterocycles. The van der Waals surface area contributed by atoms with E-state index in [-0.39, 0.29) is 5.91 Å². The minimum atomic E-state index is -0.486. The van der Waals surface area contributed by atoms with Gasteiger partial charge in [-0.1, -0.05) is 18.2 Å². The van der Waals surface area contributed by atoms with E-state index in [1.54, 1.807) is 12.1 Å². The first kappa shape index (κ1) is 9.71. The summed E-state index contributed by atoms with van der Waals surface area (Å²) in [7, 11) is 0. The van der Waals surface area contributed by atoms with Gasteiger partial charge in [0.15, 0.2) is 0 Å². The van der Waals surface area contributed by atoms with E-state index >= 15 is 0 Å². The summed E-state index contributed by atoms with van der Waals surface area (Å²) in [6.45, 7) is 0. The first-order valence-electron chi connectivity index (χ1n) is 4.86. The molecule has 0 aromatic heterocycles. The van der Waals surface area contributed by atoms with E-state index in [9.17, 15) is 9.59 Å². The summed E-state index contributed by atoms with van der Waals surface area (Å²) >= 11 is 0. The van der Waals surface area contributed by atoms with Crippen LogP contribution >= 0.6 is 0 Å². The molecule has 4 heteroatoms. The van der Waals surface area contributed by atoms with Crippen LogP contribution in [0.1, 0.15) is 12.8 Å². The average Bonchev–Trinajstić information content (AvgIpc) is 2.61. The molecule has 0 spiro atoms. The summed E-state index contributed by atoms with van der Waals surface area (Å²) < 4.78 is 0. The number of para-hydroxylation sites is 1. The molecule has 78 valence electrons. The van der Waals surface area contributed by atoms with Crippen molar-refractivity contribution in [3.05, 3.63) is 30.3 Å². The zero-order valence-corrected chi connectivity index (χ0v) is 8.22. The molecule has 0 saturated carbocycles. The van der Waals surface area contributed by atoms with Crippen LogP contribution in [0.15, 0.2) is 30.3 Å². The van der Waals surface area contributed by atoms with Crippen LogP contribution in [0.25, 0.3) is 0 Å². The maximum atomic E-state index is 11.6. The minimum absolute atomic E-state index is 0.0370. The number of anilines is 1. The first-order chi connectivity index (χ1) is 7.20. The van der Waals surface area contributed by atoms with E-state index < -0.39 is 11.9 Å². The highest BCUT2D eigenvalue weighted by Gasteiger charge is 2.35. The van der Waals surface area contributed by atoms with Gasteiger partial charge in [-0.15, -0.1) is 0 Å². The van der Waals surface area contributed by atoms with Crippen molar-refractivity contribution in [3.8, 4) is 0 Å². The third-order valence-electron chi connectivity index (χ3n) is 2.57. The average molecular weight is 204 g/mol. The molecule has 1 aromatic carbocycles. The van der Waals surface area contributed by atoms with Gasteiger partial charge in [-0.3, -0.25) is 14.5 Å². The van der Waals surface area contributed by atoms with Crippen molar-refractivity contribution in [3.63, 3.8) is 0 Å². The summed E-state index contributed by atoms with van der Waals surface area (Å²) in [6.07, 6.45) is 0.908. The van der Waals surface area contributed by atoms with Crippen LogP contribution in [0.2, 0.25) is 0 Å². The number of rotatable bonds is 2. The minimum Gasteiger partial charge on any atom is -0.368 e. The Morgan fingerprint density at radius 1 is 1.33 bits per heavy atom. The van der Waals surface area contributed by atoms with E-state index in [0.29, 0.717) is 12.8 Å². The van der Waals surface area contributed by atoms with Crippen molar-refractivity contribution < 1.29 is 9.59 Å². The molecule has 0 radical (unpaired) electrons. The monoisotopic (exact) mass is 204 g/mol.